The first kappa shape index (κ1) is 22.9. The van der Waals surface area contributed by atoms with Gasteiger partial charge in [-0.2, -0.15) is 0 Å². The van der Waals surface area contributed by atoms with Gasteiger partial charge in [0.25, 0.3) is 0 Å². The topological polar surface area (TPSA) is 26.3 Å². The van der Waals surface area contributed by atoms with Crippen LogP contribution in [0.2, 0.25) is 0 Å². The van der Waals surface area contributed by atoms with Crippen LogP contribution in [0.1, 0.15) is 110 Å². The van der Waals surface area contributed by atoms with Crippen LogP contribution in [0.25, 0.3) is 0 Å². The molecule has 1 aliphatic rings. The fourth-order valence-electron chi connectivity index (χ4n) is 2.79. The molecule has 0 amide bonds. The molecular weight excluding hydrogens is 308 g/mol. The summed E-state index contributed by atoms with van der Waals surface area (Å²) in [5.41, 5.74) is 0. The van der Waals surface area contributed by atoms with E-state index in [1.165, 1.54) is 83.5 Å². The Bertz CT molecular complexity index is 232. The van der Waals surface area contributed by atoms with Crippen LogP contribution in [-0.2, 0) is 9.53 Å². The highest BCUT2D eigenvalue weighted by Crippen LogP contribution is 2.13. The molecule has 0 unspecified atom stereocenters. The maximum Gasteiger partial charge on any atom is 0.221 e. The Labute approximate surface area is 149 Å². The molecule has 1 fully saturated rings. The zero-order valence-electron chi connectivity index (χ0n) is 15.4. The predicted octanol–water partition coefficient (Wildman–Crippen LogP) is 7.03. The summed E-state index contributed by atoms with van der Waals surface area (Å²) in [5.74, 6) is 0. The van der Waals surface area contributed by atoms with Crippen molar-refractivity contribution in [1.82, 2.24) is 0 Å². The van der Waals surface area contributed by atoms with Crippen molar-refractivity contribution in [3.05, 3.63) is 0 Å². The van der Waals surface area contributed by atoms with Gasteiger partial charge in [-0.25, -0.2) is 0 Å². The first-order valence-electron chi connectivity index (χ1n) is 10.0. The molecule has 0 aromatic carbocycles. The largest absolute Gasteiger partial charge is 0.381 e. The third-order valence-corrected chi connectivity index (χ3v) is 4.49. The minimum atomic E-state index is -0.182. The van der Waals surface area contributed by atoms with Gasteiger partial charge < -0.3 is 4.74 Å². The van der Waals surface area contributed by atoms with Crippen LogP contribution in [0, 0.1) is 0 Å². The molecule has 0 N–H and O–H groups in total. The van der Waals surface area contributed by atoms with Gasteiger partial charge in [0, 0.05) is 19.6 Å². The molecule has 0 spiro atoms. The second-order valence-corrected chi connectivity index (χ2v) is 7.09. The van der Waals surface area contributed by atoms with E-state index >= 15 is 0 Å². The lowest BCUT2D eigenvalue weighted by molar-refractivity contribution is -0.111. The van der Waals surface area contributed by atoms with Crippen LogP contribution >= 0.6 is 11.6 Å². The molecule has 0 saturated carbocycles. The molecule has 1 rings (SSSR count). The summed E-state index contributed by atoms with van der Waals surface area (Å²) in [7, 11) is 0. The molecule has 1 aliphatic heterocycles. The summed E-state index contributed by atoms with van der Waals surface area (Å²) >= 11 is 5.28. The third-order valence-electron chi connectivity index (χ3n) is 4.30. The van der Waals surface area contributed by atoms with Crippen molar-refractivity contribution in [1.29, 1.82) is 0 Å². The molecule has 138 valence electrons. The number of rotatable bonds is 14. The average Bonchev–Trinajstić information content (AvgIpc) is 3.11. The molecule has 0 bridgehead atoms. The molecular formula is C20H39ClO2. The first-order chi connectivity index (χ1) is 11.3. The van der Waals surface area contributed by atoms with E-state index in [4.69, 9.17) is 16.3 Å². The summed E-state index contributed by atoms with van der Waals surface area (Å²) in [5, 5.41) is -0.182. The van der Waals surface area contributed by atoms with Gasteiger partial charge in [-0.3, -0.25) is 4.79 Å². The molecule has 0 aromatic rings. The Morgan fingerprint density at radius 1 is 0.739 bits per heavy atom. The molecule has 1 saturated heterocycles. The van der Waals surface area contributed by atoms with Gasteiger partial charge in [-0.1, -0.05) is 84.0 Å². The highest BCUT2D eigenvalue weighted by Gasteiger charge is 1.96. The Morgan fingerprint density at radius 3 is 1.43 bits per heavy atom. The van der Waals surface area contributed by atoms with Gasteiger partial charge in [0.2, 0.25) is 5.24 Å². The van der Waals surface area contributed by atoms with Crippen molar-refractivity contribution >= 4 is 16.8 Å². The number of hydrogen-bond donors (Lipinski definition) is 0. The zero-order chi connectivity index (χ0) is 17.0. The van der Waals surface area contributed by atoms with Crippen LogP contribution < -0.4 is 0 Å². The molecule has 2 nitrogen and oxygen atoms in total. The van der Waals surface area contributed by atoms with Gasteiger partial charge in [-0.15, -0.1) is 0 Å². The number of ether oxygens (including phenoxy) is 1. The quantitative estimate of drug-likeness (QED) is 0.249. The van der Waals surface area contributed by atoms with Crippen molar-refractivity contribution in [2.24, 2.45) is 0 Å². The molecule has 23 heavy (non-hydrogen) atoms. The van der Waals surface area contributed by atoms with Crippen LogP contribution in [0.15, 0.2) is 0 Å². The van der Waals surface area contributed by atoms with E-state index in [0.717, 1.165) is 26.1 Å². The fraction of sp³-hybridized carbons (Fsp3) is 0.950. The summed E-state index contributed by atoms with van der Waals surface area (Å²) in [6.07, 6.45) is 20.5. The number of carbonyl (C=O) groups excluding carboxylic acids is 1. The maximum absolute atomic E-state index is 10.5. The van der Waals surface area contributed by atoms with Gasteiger partial charge in [-0.05, 0) is 30.9 Å². The van der Waals surface area contributed by atoms with E-state index in [-0.39, 0.29) is 5.24 Å². The summed E-state index contributed by atoms with van der Waals surface area (Å²) < 4.78 is 4.94. The average molecular weight is 347 g/mol. The highest BCUT2D eigenvalue weighted by molar-refractivity contribution is 6.63. The summed E-state index contributed by atoms with van der Waals surface area (Å²) in [6.45, 7) is 4.27. The number of unbranched alkanes of at least 4 members (excludes halogenated alkanes) is 12. The normalized spacial score (nSPS) is 13.7. The smallest absolute Gasteiger partial charge is 0.221 e. The molecule has 3 heteroatoms. The second-order valence-electron chi connectivity index (χ2n) is 6.67. The Kier molecular flexibility index (Phi) is 19.9. The lowest BCUT2D eigenvalue weighted by atomic mass is 10.0. The van der Waals surface area contributed by atoms with Gasteiger partial charge in [0.15, 0.2) is 0 Å². The highest BCUT2D eigenvalue weighted by atomic mass is 35.5. The fourth-order valence-corrected chi connectivity index (χ4v) is 2.93. The van der Waals surface area contributed by atoms with Crippen molar-refractivity contribution in [3.8, 4) is 0 Å². The first-order valence-corrected chi connectivity index (χ1v) is 10.4. The van der Waals surface area contributed by atoms with E-state index in [1.807, 2.05) is 0 Å². The lowest BCUT2D eigenvalue weighted by Crippen LogP contribution is -1.86. The summed E-state index contributed by atoms with van der Waals surface area (Å²) in [4.78, 5) is 10.5. The van der Waals surface area contributed by atoms with Gasteiger partial charge in [0.05, 0.1) is 0 Å². The number of carbonyl (C=O) groups is 1. The third kappa shape index (κ3) is 21.9. The monoisotopic (exact) mass is 346 g/mol. The SMILES string of the molecule is C1CCOC1.CCCCCCCCCCCCCCCC(=O)Cl. The molecule has 0 aromatic heterocycles. The minimum Gasteiger partial charge on any atom is -0.381 e. The molecule has 0 aliphatic carbocycles. The van der Waals surface area contributed by atoms with E-state index < -0.39 is 0 Å². The second kappa shape index (κ2) is 20.0. The number of halogens is 1. The van der Waals surface area contributed by atoms with Crippen molar-refractivity contribution in [2.45, 2.75) is 110 Å². The predicted molar refractivity (Wildman–Crippen MR) is 101 cm³/mol. The van der Waals surface area contributed by atoms with Crippen LogP contribution in [-0.4, -0.2) is 18.5 Å². The number of hydrogen-bond acceptors (Lipinski definition) is 2. The summed E-state index contributed by atoms with van der Waals surface area (Å²) in [6, 6.07) is 0. The Hall–Kier alpha value is -0.0800. The minimum absolute atomic E-state index is 0.182. The van der Waals surface area contributed by atoms with Crippen molar-refractivity contribution < 1.29 is 9.53 Å². The van der Waals surface area contributed by atoms with Crippen LogP contribution in [0.4, 0.5) is 0 Å². The molecule has 1 heterocycles. The van der Waals surface area contributed by atoms with E-state index in [1.54, 1.807) is 0 Å². The zero-order valence-corrected chi connectivity index (χ0v) is 16.2. The standard InChI is InChI=1S/C16H31ClO.C4H8O/c1-2-3-4-5-6-7-8-9-10-11-12-13-14-15-16(17)18;1-2-4-5-3-1/h2-15H2,1H3;1-4H2. The van der Waals surface area contributed by atoms with Crippen LogP contribution in [0.3, 0.4) is 0 Å². The van der Waals surface area contributed by atoms with Crippen LogP contribution in [0.5, 0.6) is 0 Å². The van der Waals surface area contributed by atoms with Crippen molar-refractivity contribution in [3.63, 3.8) is 0 Å². The van der Waals surface area contributed by atoms with E-state index in [2.05, 4.69) is 6.92 Å². The van der Waals surface area contributed by atoms with E-state index in [0.29, 0.717) is 6.42 Å². The van der Waals surface area contributed by atoms with Gasteiger partial charge in [0.1, 0.15) is 0 Å². The molecule has 0 radical (unpaired) electrons. The molecule has 0 atom stereocenters. The van der Waals surface area contributed by atoms with Gasteiger partial charge >= 0.3 is 0 Å². The lowest BCUT2D eigenvalue weighted by Gasteiger charge is -2.02. The Balaban J connectivity index is 0.000000809. The van der Waals surface area contributed by atoms with Crippen molar-refractivity contribution in [2.75, 3.05) is 13.2 Å². The van der Waals surface area contributed by atoms with E-state index in [9.17, 15) is 4.79 Å². The Morgan fingerprint density at radius 2 is 1.13 bits per heavy atom. The maximum atomic E-state index is 10.5.